The lowest BCUT2D eigenvalue weighted by Gasteiger charge is -2.11. The van der Waals surface area contributed by atoms with Gasteiger partial charge in [0, 0.05) is 23.5 Å². The van der Waals surface area contributed by atoms with Crippen LogP contribution in [-0.2, 0) is 11.8 Å². The number of hydrogen-bond donors (Lipinski definition) is 1. The predicted molar refractivity (Wildman–Crippen MR) is 84.3 cm³/mol. The molecule has 2 rings (SSSR count). The lowest BCUT2D eigenvalue weighted by atomic mass is 10.1. The van der Waals surface area contributed by atoms with E-state index in [1.165, 1.54) is 11.8 Å². The Hall–Kier alpha value is -1.82. The minimum Gasteiger partial charge on any atom is -0.326 e. The monoisotopic (exact) mass is 304 g/mol. The molecule has 1 amide bonds. The highest BCUT2D eigenvalue weighted by atomic mass is 32.2. The number of aryl methyl sites for hydroxylation is 1. The van der Waals surface area contributed by atoms with E-state index in [1.54, 1.807) is 6.33 Å². The fourth-order valence-electron chi connectivity index (χ4n) is 1.91. The van der Waals surface area contributed by atoms with Gasteiger partial charge in [0.15, 0.2) is 5.16 Å². The van der Waals surface area contributed by atoms with E-state index >= 15 is 0 Å². The highest BCUT2D eigenvalue weighted by molar-refractivity contribution is 7.99. The standard InChI is InChI=1S/C15H20N4OS/c1-4-5-11(2)14(20)17-12-6-8-13(9-7-12)21-15-18-16-10-19(15)3/h6-11H,4-5H2,1-3H3,(H,17,20). The molecule has 1 atom stereocenters. The first-order chi connectivity index (χ1) is 10.1. The van der Waals surface area contributed by atoms with E-state index in [1.807, 2.05) is 42.8 Å². The molecule has 0 aliphatic rings. The summed E-state index contributed by atoms with van der Waals surface area (Å²) in [5, 5.41) is 11.7. The molecule has 0 spiro atoms. The second-order valence-electron chi connectivity index (χ2n) is 5.03. The van der Waals surface area contributed by atoms with Gasteiger partial charge in [-0.05, 0) is 42.4 Å². The van der Waals surface area contributed by atoms with E-state index in [2.05, 4.69) is 22.4 Å². The molecule has 0 radical (unpaired) electrons. The van der Waals surface area contributed by atoms with Gasteiger partial charge >= 0.3 is 0 Å². The van der Waals surface area contributed by atoms with E-state index in [4.69, 9.17) is 0 Å². The average Bonchev–Trinajstić information content (AvgIpc) is 2.86. The van der Waals surface area contributed by atoms with E-state index < -0.39 is 0 Å². The van der Waals surface area contributed by atoms with Crippen molar-refractivity contribution in [2.24, 2.45) is 13.0 Å². The molecule has 21 heavy (non-hydrogen) atoms. The summed E-state index contributed by atoms with van der Waals surface area (Å²) < 4.78 is 1.87. The van der Waals surface area contributed by atoms with Crippen molar-refractivity contribution in [2.45, 2.75) is 36.7 Å². The quantitative estimate of drug-likeness (QED) is 0.889. The van der Waals surface area contributed by atoms with Gasteiger partial charge in [-0.2, -0.15) is 0 Å². The van der Waals surface area contributed by atoms with Gasteiger partial charge in [-0.25, -0.2) is 0 Å². The average molecular weight is 304 g/mol. The van der Waals surface area contributed by atoms with Crippen LogP contribution >= 0.6 is 11.8 Å². The van der Waals surface area contributed by atoms with Crippen molar-refractivity contribution in [3.8, 4) is 0 Å². The molecule has 1 aromatic heterocycles. The zero-order valence-electron chi connectivity index (χ0n) is 12.5. The summed E-state index contributed by atoms with van der Waals surface area (Å²) in [5.74, 6) is 0.119. The van der Waals surface area contributed by atoms with Crippen LogP contribution in [0.2, 0.25) is 0 Å². The van der Waals surface area contributed by atoms with Gasteiger partial charge in [0.1, 0.15) is 6.33 Å². The number of carbonyl (C=O) groups is 1. The normalized spacial score (nSPS) is 12.1. The number of amides is 1. The fraction of sp³-hybridized carbons (Fsp3) is 0.400. The molecule has 0 saturated carbocycles. The van der Waals surface area contributed by atoms with Crippen LogP contribution in [0.15, 0.2) is 40.6 Å². The number of anilines is 1. The van der Waals surface area contributed by atoms with Crippen LogP contribution in [0.25, 0.3) is 0 Å². The molecule has 0 bridgehead atoms. The molecule has 2 aromatic rings. The third kappa shape index (κ3) is 4.32. The molecule has 0 aliphatic carbocycles. The first-order valence-corrected chi connectivity index (χ1v) is 7.84. The third-order valence-electron chi connectivity index (χ3n) is 3.17. The van der Waals surface area contributed by atoms with Crippen LogP contribution in [0.3, 0.4) is 0 Å². The van der Waals surface area contributed by atoms with E-state index in [0.717, 1.165) is 28.6 Å². The van der Waals surface area contributed by atoms with Crippen LogP contribution in [0.4, 0.5) is 5.69 Å². The summed E-state index contributed by atoms with van der Waals surface area (Å²) >= 11 is 1.54. The molecule has 0 fully saturated rings. The third-order valence-corrected chi connectivity index (χ3v) is 4.23. The van der Waals surface area contributed by atoms with Crippen molar-refractivity contribution >= 4 is 23.4 Å². The molecule has 1 heterocycles. The number of nitrogens with zero attached hydrogens (tertiary/aromatic N) is 3. The molecule has 1 N–H and O–H groups in total. The van der Waals surface area contributed by atoms with Crippen LogP contribution in [0.5, 0.6) is 0 Å². The number of carbonyl (C=O) groups excluding carboxylic acids is 1. The van der Waals surface area contributed by atoms with Gasteiger partial charge < -0.3 is 9.88 Å². The largest absolute Gasteiger partial charge is 0.326 e. The Labute approximate surface area is 129 Å². The molecule has 112 valence electrons. The van der Waals surface area contributed by atoms with Crippen molar-refractivity contribution in [3.05, 3.63) is 30.6 Å². The molecule has 0 saturated heterocycles. The Morgan fingerprint density at radius 2 is 2.10 bits per heavy atom. The summed E-state index contributed by atoms with van der Waals surface area (Å²) in [4.78, 5) is 13.0. The zero-order chi connectivity index (χ0) is 15.2. The predicted octanol–water partition coefficient (Wildman–Crippen LogP) is 3.34. The summed E-state index contributed by atoms with van der Waals surface area (Å²) in [5.41, 5.74) is 0.824. The van der Waals surface area contributed by atoms with Crippen LogP contribution in [0.1, 0.15) is 26.7 Å². The number of hydrogen-bond acceptors (Lipinski definition) is 4. The molecule has 5 nitrogen and oxygen atoms in total. The van der Waals surface area contributed by atoms with Gasteiger partial charge in [-0.3, -0.25) is 4.79 Å². The van der Waals surface area contributed by atoms with Crippen molar-refractivity contribution in [1.82, 2.24) is 14.8 Å². The second-order valence-corrected chi connectivity index (χ2v) is 6.07. The van der Waals surface area contributed by atoms with Gasteiger partial charge in [0.05, 0.1) is 0 Å². The number of rotatable bonds is 6. The lowest BCUT2D eigenvalue weighted by molar-refractivity contribution is -0.119. The summed E-state index contributed by atoms with van der Waals surface area (Å²) in [6.07, 6.45) is 3.60. The Kier molecular flexibility index (Phi) is 5.38. The maximum absolute atomic E-state index is 12.0. The summed E-state index contributed by atoms with van der Waals surface area (Å²) in [6, 6.07) is 7.77. The first kappa shape index (κ1) is 15.6. The van der Waals surface area contributed by atoms with Crippen LogP contribution in [0, 0.1) is 5.92 Å². The fourth-order valence-corrected chi connectivity index (χ4v) is 2.67. The Morgan fingerprint density at radius 3 is 2.67 bits per heavy atom. The maximum atomic E-state index is 12.0. The Balaban J connectivity index is 1.96. The topological polar surface area (TPSA) is 59.8 Å². The van der Waals surface area contributed by atoms with Crippen LogP contribution in [-0.4, -0.2) is 20.7 Å². The molecule has 0 aliphatic heterocycles. The Morgan fingerprint density at radius 1 is 1.38 bits per heavy atom. The molecule has 1 aromatic carbocycles. The van der Waals surface area contributed by atoms with Crippen molar-refractivity contribution < 1.29 is 4.79 Å². The number of benzene rings is 1. The smallest absolute Gasteiger partial charge is 0.227 e. The Bertz CT molecular complexity index is 594. The van der Waals surface area contributed by atoms with Crippen molar-refractivity contribution in [2.75, 3.05) is 5.32 Å². The number of aromatic nitrogens is 3. The van der Waals surface area contributed by atoms with E-state index in [0.29, 0.717) is 0 Å². The SMILES string of the molecule is CCCC(C)C(=O)Nc1ccc(Sc2nncn2C)cc1. The minimum atomic E-state index is 0.0442. The highest BCUT2D eigenvalue weighted by Crippen LogP contribution is 2.26. The minimum absolute atomic E-state index is 0.0442. The summed E-state index contributed by atoms with van der Waals surface area (Å²) in [6.45, 7) is 4.04. The second kappa shape index (κ2) is 7.26. The van der Waals surface area contributed by atoms with Gasteiger partial charge in [-0.1, -0.05) is 20.3 Å². The van der Waals surface area contributed by atoms with E-state index in [9.17, 15) is 4.79 Å². The highest BCUT2D eigenvalue weighted by Gasteiger charge is 2.11. The van der Waals surface area contributed by atoms with Crippen molar-refractivity contribution in [3.63, 3.8) is 0 Å². The molecule has 1 unspecified atom stereocenters. The zero-order valence-corrected chi connectivity index (χ0v) is 13.4. The first-order valence-electron chi connectivity index (χ1n) is 7.03. The van der Waals surface area contributed by atoms with Gasteiger partial charge in [0.2, 0.25) is 5.91 Å². The van der Waals surface area contributed by atoms with Gasteiger partial charge in [0.25, 0.3) is 0 Å². The molecular formula is C15H20N4OS. The molecule has 6 heteroatoms. The number of nitrogens with one attached hydrogen (secondary N) is 1. The van der Waals surface area contributed by atoms with Crippen LogP contribution < -0.4 is 5.32 Å². The van der Waals surface area contributed by atoms with Gasteiger partial charge in [-0.15, -0.1) is 10.2 Å². The maximum Gasteiger partial charge on any atom is 0.227 e. The van der Waals surface area contributed by atoms with Crippen molar-refractivity contribution in [1.29, 1.82) is 0 Å². The molecular weight excluding hydrogens is 284 g/mol. The lowest BCUT2D eigenvalue weighted by Crippen LogP contribution is -2.20. The summed E-state index contributed by atoms with van der Waals surface area (Å²) in [7, 11) is 1.91. The van der Waals surface area contributed by atoms with E-state index in [-0.39, 0.29) is 11.8 Å².